The normalized spacial score (nSPS) is 30.3. The number of carbonyl (C=O) groups excluding carboxylic acids is 2. The fourth-order valence-corrected chi connectivity index (χ4v) is 2.19. The first-order valence-corrected chi connectivity index (χ1v) is 5.83. The largest absolute Gasteiger partial charge is 0.378 e. The molecular formula is C11H18N2O4. The number of hydrogen-bond donors (Lipinski definition) is 1. The molecule has 0 aliphatic carbocycles. The molecular weight excluding hydrogens is 224 g/mol. The molecule has 2 saturated heterocycles. The fraction of sp³-hybridized carbons (Fsp3) is 0.818. The van der Waals surface area contributed by atoms with Gasteiger partial charge in [0.05, 0.1) is 19.7 Å². The van der Waals surface area contributed by atoms with E-state index in [0.717, 1.165) is 6.42 Å². The lowest BCUT2D eigenvalue weighted by atomic mass is 10.0. The minimum absolute atomic E-state index is 0.0563. The molecule has 0 bridgehead atoms. The molecule has 0 radical (unpaired) electrons. The smallest absolute Gasteiger partial charge is 0.242 e. The molecule has 6 nitrogen and oxygen atoms in total. The predicted octanol–water partition coefficient (Wildman–Crippen LogP) is -0.860. The topological polar surface area (TPSA) is 67.9 Å². The van der Waals surface area contributed by atoms with Crippen LogP contribution in [0.2, 0.25) is 0 Å². The number of nitrogens with zero attached hydrogens (tertiary/aromatic N) is 1. The molecule has 96 valence electrons. The lowest BCUT2D eigenvalue weighted by Crippen LogP contribution is -2.48. The number of nitrogens with one attached hydrogen (secondary N) is 1. The summed E-state index contributed by atoms with van der Waals surface area (Å²) in [5, 5.41) is 2.58. The number of ether oxygens (including phenoxy) is 2. The van der Waals surface area contributed by atoms with Crippen molar-refractivity contribution < 1.29 is 19.1 Å². The van der Waals surface area contributed by atoms with E-state index in [9.17, 15) is 9.59 Å². The molecule has 0 aromatic rings. The van der Waals surface area contributed by atoms with Gasteiger partial charge in [0.1, 0.15) is 5.60 Å². The van der Waals surface area contributed by atoms with E-state index in [4.69, 9.17) is 9.47 Å². The highest BCUT2D eigenvalue weighted by molar-refractivity contribution is 5.87. The van der Waals surface area contributed by atoms with Crippen molar-refractivity contribution >= 4 is 11.8 Å². The summed E-state index contributed by atoms with van der Waals surface area (Å²) in [6.07, 6.45) is 1.14. The lowest BCUT2D eigenvalue weighted by Gasteiger charge is -2.32. The molecule has 2 amide bonds. The first-order valence-electron chi connectivity index (χ1n) is 5.83. The second kappa shape index (κ2) is 5.01. The molecule has 6 heteroatoms. The highest BCUT2D eigenvalue weighted by Gasteiger charge is 2.38. The van der Waals surface area contributed by atoms with E-state index in [1.54, 1.807) is 12.0 Å². The third-order valence-electron chi connectivity index (χ3n) is 3.38. The van der Waals surface area contributed by atoms with Crippen LogP contribution in [0.4, 0.5) is 0 Å². The summed E-state index contributed by atoms with van der Waals surface area (Å²) in [7, 11) is 1.64. The number of carbonyl (C=O) groups is 2. The molecule has 17 heavy (non-hydrogen) atoms. The molecule has 0 spiro atoms. The van der Waals surface area contributed by atoms with Crippen LogP contribution in [0.25, 0.3) is 0 Å². The maximum atomic E-state index is 11.8. The average molecular weight is 242 g/mol. The van der Waals surface area contributed by atoms with Crippen molar-refractivity contribution in [1.82, 2.24) is 10.2 Å². The quantitative estimate of drug-likeness (QED) is 0.699. The highest BCUT2D eigenvalue weighted by Crippen LogP contribution is 2.24. The van der Waals surface area contributed by atoms with Gasteiger partial charge in [-0.3, -0.25) is 9.59 Å². The van der Waals surface area contributed by atoms with Crippen molar-refractivity contribution in [2.45, 2.75) is 18.4 Å². The Hall–Kier alpha value is -1.14. The van der Waals surface area contributed by atoms with Crippen LogP contribution < -0.4 is 5.32 Å². The van der Waals surface area contributed by atoms with Crippen molar-refractivity contribution in [1.29, 1.82) is 0 Å². The van der Waals surface area contributed by atoms with Gasteiger partial charge in [-0.1, -0.05) is 0 Å². The Kier molecular flexibility index (Phi) is 3.63. The summed E-state index contributed by atoms with van der Waals surface area (Å²) < 4.78 is 10.8. The Morgan fingerprint density at radius 1 is 1.53 bits per heavy atom. The summed E-state index contributed by atoms with van der Waals surface area (Å²) in [6.45, 7) is 2.20. The van der Waals surface area contributed by atoms with E-state index in [2.05, 4.69) is 5.32 Å². The van der Waals surface area contributed by atoms with Crippen LogP contribution in [0.15, 0.2) is 0 Å². The lowest BCUT2D eigenvalue weighted by molar-refractivity contribution is -0.134. The van der Waals surface area contributed by atoms with E-state index in [1.165, 1.54) is 0 Å². The Morgan fingerprint density at radius 2 is 2.35 bits per heavy atom. The molecule has 1 N–H and O–H groups in total. The summed E-state index contributed by atoms with van der Waals surface area (Å²) >= 11 is 0. The standard InChI is InChI=1S/C11H18N2O4/c1-16-11(3-5-17-8-11)7-13-4-2-9(14)12-6-10(13)15/h2-8H2,1H3,(H,12,14). The van der Waals surface area contributed by atoms with E-state index in [0.29, 0.717) is 32.7 Å². The molecule has 2 heterocycles. The van der Waals surface area contributed by atoms with Gasteiger partial charge in [-0.15, -0.1) is 0 Å². The SMILES string of the molecule is COC1(CN2CCC(=O)NCC2=O)CCOC1. The zero-order valence-corrected chi connectivity index (χ0v) is 10.0. The van der Waals surface area contributed by atoms with E-state index in [-0.39, 0.29) is 18.4 Å². The van der Waals surface area contributed by atoms with Gasteiger partial charge in [0, 0.05) is 33.1 Å². The minimum Gasteiger partial charge on any atom is -0.378 e. The van der Waals surface area contributed by atoms with Gasteiger partial charge in [0.2, 0.25) is 11.8 Å². The molecule has 0 aromatic carbocycles. The summed E-state index contributed by atoms with van der Waals surface area (Å²) in [4.78, 5) is 24.7. The van der Waals surface area contributed by atoms with Crippen LogP contribution in [0.3, 0.4) is 0 Å². The minimum atomic E-state index is -0.400. The average Bonchev–Trinajstić information content (AvgIpc) is 2.74. The number of methoxy groups -OCH3 is 1. The number of rotatable bonds is 3. The number of hydrogen-bond acceptors (Lipinski definition) is 4. The molecule has 1 unspecified atom stereocenters. The molecule has 2 fully saturated rings. The van der Waals surface area contributed by atoms with E-state index >= 15 is 0 Å². The molecule has 0 aromatic heterocycles. The van der Waals surface area contributed by atoms with Crippen LogP contribution >= 0.6 is 0 Å². The Bertz CT molecular complexity index is 313. The second-order valence-corrected chi connectivity index (χ2v) is 4.53. The van der Waals surface area contributed by atoms with Crippen LogP contribution in [-0.4, -0.2) is 62.3 Å². The molecule has 2 aliphatic heterocycles. The summed E-state index contributed by atoms with van der Waals surface area (Å²) in [5.41, 5.74) is -0.400. The Morgan fingerprint density at radius 3 is 3.00 bits per heavy atom. The maximum absolute atomic E-state index is 11.8. The van der Waals surface area contributed by atoms with Gasteiger partial charge in [0.15, 0.2) is 0 Å². The van der Waals surface area contributed by atoms with E-state index < -0.39 is 5.60 Å². The van der Waals surface area contributed by atoms with Crippen molar-refractivity contribution in [3.8, 4) is 0 Å². The first-order chi connectivity index (χ1) is 8.15. The van der Waals surface area contributed by atoms with Gasteiger partial charge >= 0.3 is 0 Å². The summed E-state index contributed by atoms with van der Waals surface area (Å²) in [6, 6.07) is 0. The van der Waals surface area contributed by atoms with Crippen LogP contribution in [0.1, 0.15) is 12.8 Å². The third kappa shape index (κ3) is 2.76. The molecule has 1 atom stereocenters. The van der Waals surface area contributed by atoms with Crippen LogP contribution in [0.5, 0.6) is 0 Å². The van der Waals surface area contributed by atoms with Crippen molar-refractivity contribution in [2.24, 2.45) is 0 Å². The van der Waals surface area contributed by atoms with Gasteiger partial charge in [0.25, 0.3) is 0 Å². The molecule has 2 aliphatic rings. The zero-order valence-electron chi connectivity index (χ0n) is 10.0. The first kappa shape index (κ1) is 12.3. The highest BCUT2D eigenvalue weighted by atomic mass is 16.5. The second-order valence-electron chi connectivity index (χ2n) is 4.53. The Balaban J connectivity index is 2.00. The van der Waals surface area contributed by atoms with Crippen molar-refractivity contribution in [3.05, 3.63) is 0 Å². The number of amides is 2. The predicted molar refractivity (Wildman–Crippen MR) is 59.4 cm³/mol. The van der Waals surface area contributed by atoms with Gasteiger partial charge < -0.3 is 19.7 Å². The zero-order chi connectivity index (χ0) is 12.3. The fourth-order valence-electron chi connectivity index (χ4n) is 2.19. The van der Waals surface area contributed by atoms with Crippen LogP contribution in [-0.2, 0) is 19.1 Å². The molecule has 2 rings (SSSR count). The van der Waals surface area contributed by atoms with Gasteiger partial charge in [-0.25, -0.2) is 0 Å². The Labute approximate surface area is 100 Å². The third-order valence-corrected chi connectivity index (χ3v) is 3.38. The van der Waals surface area contributed by atoms with Crippen molar-refractivity contribution in [2.75, 3.05) is 40.0 Å². The maximum Gasteiger partial charge on any atom is 0.242 e. The van der Waals surface area contributed by atoms with Gasteiger partial charge in [-0.05, 0) is 0 Å². The summed E-state index contributed by atoms with van der Waals surface area (Å²) in [5.74, 6) is -0.130. The van der Waals surface area contributed by atoms with Crippen molar-refractivity contribution in [3.63, 3.8) is 0 Å². The molecule has 0 saturated carbocycles. The van der Waals surface area contributed by atoms with Gasteiger partial charge in [-0.2, -0.15) is 0 Å². The van der Waals surface area contributed by atoms with E-state index in [1.807, 2.05) is 0 Å². The van der Waals surface area contributed by atoms with Crippen LogP contribution in [0, 0.1) is 0 Å². The monoisotopic (exact) mass is 242 g/mol.